The number of aliphatic hydroxyl groups is 1. The number of aliphatic hydroxyl groups excluding tert-OH is 1. The topological polar surface area (TPSA) is 32.3 Å². The van der Waals surface area contributed by atoms with Crippen molar-refractivity contribution in [2.24, 2.45) is 11.8 Å². The molecule has 2 N–H and O–H groups in total. The average Bonchev–Trinajstić information content (AvgIpc) is 2.49. The summed E-state index contributed by atoms with van der Waals surface area (Å²) in [5.74, 6) is 2.00. The second-order valence-corrected chi connectivity index (χ2v) is 6.63. The van der Waals surface area contributed by atoms with Crippen molar-refractivity contribution in [3.8, 4) is 0 Å². The first-order chi connectivity index (χ1) is 9.85. The summed E-state index contributed by atoms with van der Waals surface area (Å²) in [6, 6.07) is 9.25. The Morgan fingerprint density at radius 1 is 0.950 bits per heavy atom. The highest BCUT2D eigenvalue weighted by Crippen LogP contribution is 2.41. The Hall–Kier alpha value is -1.02. The molecule has 3 rings (SSSR count). The molecule has 0 aromatic heterocycles. The van der Waals surface area contributed by atoms with Crippen LogP contribution in [0.15, 0.2) is 24.3 Å². The summed E-state index contributed by atoms with van der Waals surface area (Å²) in [6.07, 6.45) is 10.7. The average molecular weight is 273 g/mol. The fourth-order valence-electron chi connectivity index (χ4n) is 4.14. The van der Waals surface area contributed by atoms with E-state index in [1.807, 2.05) is 0 Å². The fraction of sp³-hybridized carbons (Fsp3) is 0.667. The third kappa shape index (κ3) is 3.35. The SMILES string of the molecule is OCCc1ccc(NC2CCC3CCCCC3C2)cc1. The maximum Gasteiger partial charge on any atom is 0.0471 e. The molecule has 3 unspecified atom stereocenters. The lowest BCUT2D eigenvalue weighted by atomic mass is 9.69. The summed E-state index contributed by atoms with van der Waals surface area (Å²) >= 11 is 0. The van der Waals surface area contributed by atoms with Gasteiger partial charge in [0.05, 0.1) is 0 Å². The van der Waals surface area contributed by atoms with E-state index in [0.717, 1.165) is 18.3 Å². The van der Waals surface area contributed by atoms with Gasteiger partial charge in [-0.15, -0.1) is 0 Å². The Labute approximate surface area is 122 Å². The van der Waals surface area contributed by atoms with Gasteiger partial charge in [-0.2, -0.15) is 0 Å². The van der Waals surface area contributed by atoms with Gasteiger partial charge in [0.1, 0.15) is 0 Å². The molecule has 2 heteroatoms. The van der Waals surface area contributed by atoms with Crippen molar-refractivity contribution in [1.29, 1.82) is 0 Å². The summed E-state index contributed by atoms with van der Waals surface area (Å²) in [4.78, 5) is 0. The van der Waals surface area contributed by atoms with Crippen LogP contribution in [0.5, 0.6) is 0 Å². The minimum absolute atomic E-state index is 0.235. The van der Waals surface area contributed by atoms with Crippen molar-refractivity contribution >= 4 is 5.69 Å². The second-order valence-electron chi connectivity index (χ2n) is 6.63. The smallest absolute Gasteiger partial charge is 0.0471 e. The number of hydrogen-bond donors (Lipinski definition) is 2. The third-order valence-electron chi connectivity index (χ3n) is 5.26. The van der Waals surface area contributed by atoms with Crippen LogP contribution in [0.4, 0.5) is 5.69 Å². The number of rotatable bonds is 4. The summed E-state index contributed by atoms with van der Waals surface area (Å²) < 4.78 is 0. The molecule has 1 aromatic carbocycles. The standard InChI is InChI=1S/C18H27NO/c20-12-11-14-5-8-17(9-6-14)19-18-10-7-15-3-1-2-4-16(15)13-18/h5-6,8-9,15-16,18-20H,1-4,7,10-13H2. The van der Waals surface area contributed by atoms with Gasteiger partial charge in [0.15, 0.2) is 0 Å². The molecule has 2 saturated carbocycles. The zero-order valence-corrected chi connectivity index (χ0v) is 12.4. The number of benzene rings is 1. The van der Waals surface area contributed by atoms with Gasteiger partial charge < -0.3 is 10.4 Å². The predicted octanol–water partition coefficient (Wildman–Crippen LogP) is 3.99. The van der Waals surface area contributed by atoms with Crippen LogP contribution in [0.2, 0.25) is 0 Å². The van der Waals surface area contributed by atoms with Gasteiger partial charge in [-0.3, -0.25) is 0 Å². The largest absolute Gasteiger partial charge is 0.396 e. The Balaban J connectivity index is 1.55. The van der Waals surface area contributed by atoms with Crippen LogP contribution in [0, 0.1) is 11.8 Å². The van der Waals surface area contributed by atoms with Crippen LogP contribution < -0.4 is 5.32 Å². The van der Waals surface area contributed by atoms with Crippen LogP contribution in [0.1, 0.15) is 50.5 Å². The monoisotopic (exact) mass is 273 g/mol. The van der Waals surface area contributed by atoms with E-state index in [0.29, 0.717) is 6.04 Å². The molecule has 0 saturated heterocycles. The Morgan fingerprint density at radius 3 is 2.45 bits per heavy atom. The van der Waals surface area contributed by atoms with E-state index in [-0.39, 0.29) is 6.61 Å². The predicted molar refractivity (Wildman–Crippen MR) is 83.9 cm³/mol. The lowest BCUT2D eigenvalue weighted by Gasteiger charge is -2.39. The number of anilines is 1. The van der Waals surface area contributed by atoms with Crippen molar-refractivity contribution in [3.63, 3.8) is 0 Å². The second kappa shape index (κ2) is 6.62. The first-order valence-electron chi connectivity index (χ1n) is 8.31. The summed E-state index contributed by atoms with van der Waals surface area (Å²) in [5.41, 5.74) is 2.46. The molecule has 1 aromatic rings. The zero-order valence-electron chi connectivity index (χ0n) is 12.4. The van der Waals surface area contributed by atoms with Crippen LogP contribution in [-0.4, -0.2) is 17.8 Å². The molecule has 110 valence electrons. The molecule has 0 heterocycles. The van der Waals surface area contributed by atoms with Crippen molar-refractivity contribution in [1.82, 2.24) is 0 Å². The van der Waals surface area contributed by atoms with Gasteiger partial charge in [0, 0.05) is 18.3 Å². The lowest BCUT2D eigenvalue weighted by Crippen LogP contribution is -2.34. The van der Waals surface area contributed by atoms with Crippen molar-refractivity contribution in [2.45, 2.75) is 57.4 Å². The molecular formula is C18H27NO. The van der Waals surface area contributed by atoms with Gasteiger partial charge >= 0.3 is 0 Å². The Morgan fingerprint density at radius 2 is 1.70 bits per heavy atom. The number of nitrogens with one attached hydrogen (secondary N) is 1. The molecular weight excluding hydrogens is 246 g/mol. The van der Waals surface area contributed by atoms with Gasteiger partial charge in [-0.25, -0.2) is 0 Å². The van der Waals surface area contributed by atoms with Crippen molar-refractivity contribution in [3.05, 3.63) is 29.8 Å². The summed E-state index contributed by atoms with van der Waals surface area (Å²) in [6.45, 7) is 0.235. The van der Waals surface area contributed by atoms with Gasteiger partial charge in [-0.1, -0.05) is 37.8 Å². The number of hydrogen-bond acceptors (Lipinski definition) is 2. The molecule has 0 bridgehead atoms. The van der Waals surface area contributed by atoms with Crippen molar-refractivity contribution < 1.29 is 5.11 Å². The van der Waals surface area contributed by atoms with Crippen LogP contribution in [0.3, 0.4) is 0 Å². The van der Waals surface area contributed by atoms with Crippen LogP contribution in [-0.2, 0) is 6.42 Å². The first-order valence-corrected chi connectivity index (χ1v) is 8.31. The van der Waals surface area contributed by atoms with Crippen LogP contribution in [0.25, 0.3) is 0 Å². The molecule has 0 amide bonds. The molecule has 2 aliphatic rings. The molecule has 20 heavy (non-hydrogen) atoms. The Bertz CT molecular complexity index is 414. The van der Waals surface area contributed by atoms with E-state index in [4.69, 9.17) is 5.11 Å². The summed E-state index contributed by atoms with van der Waals surface area (Å²) in [5, 5.41) is 12.7. The number of fused-ring (bicyclic) bond motifs is 1. The van der Waals surface area contributed by atoms with E-state index in [1.165, 1.54) is 56.2 Å². The maximum absolute atomic E-state index is 8.94. The lowest BCUT2D eigenvalue weighted by molar-refractivity contribution is 0.162. The maximum atomic E-state index is 8.94. The third-order valence-corrected chi connectivity index (χ3v) is 5.26. The van der Waals surface area contributed by atoms with E-state index >= 15 is 0 Å². The first kappa shape index (κ1) is 13.9. The van der Waals surface area contributed by atoms with Gasteiger partial charge in [0.2, 0.25) is 0 Å². The van der Waals surface area contributed by atoms with E-state index in [1.54, 1.807) is 0 Å². The molecule has 2 aliphatic carbocycles. The summed E-state index contributed by atoms with van der Waals surface area (Å²) in [7, 11) is 0. The van der Waals surface area contributed by atoms with E-state index < -0.39 is 0 Å². The molecule has 2 nitrogen and oxygen atoms in total. The highest BCUT2D eigenvalue weighted by molar-refractivity contribution is 5.45. The van der Waals surface area contributed by atoms with Crippen molar-refractivity contribution in [2.75, 3.05) is 11.9 Å². The highest BCUT2D eigenvalue weighted by atomic mass is 16.2. The molecule has 3 atom stereocenters. The molecule has 0 radical (unpaired) electrons. The Kier molecular flexibility index (Phi) is 4.62. The highest BCUT2D eigenvalue weighted by Gasteiger charge is 2.31. The van der Waals surface area contributed by atoms with Crippen LogP contribution >= 0.6 is 0 Å². The molecule has 2 fully saturated rings. The van der Waals surface area contributed by atoms with Gasteiger partial charge in [-0.05, 0) is 55.2 Å². The normalized spacial score (nSPS) is 29.8. The molecule has 0 aliphatic heterocycles. The fourth-order valence-corrected chi connectivity index (χ4v) is 4.14. The van der Waals surface area contributed by atoms with E-state index in [9.17, 15) is 0 Å². The minimum Gasteiger partial charge on any atom is -0.396 e. The minimum atomic E-state index is 0.235. The molecule has 0 spiro atoms. The van der Waals surface area contributed by atoms with Gasteiger partial charge in [0.25, 0.3) is 0 Å². The quantitative estimate of drug-likeness (QED) is 0.869. The zero-order chi connectivity index (χ0) is 13.8. The van der Waals surface area contributed by atoms with E-state index in [2.05, 4.69) is 29.6 Å².